The molecular weight excluding hydrogens is 218 g/mol. The molecule has 0 bridgehead atoms. The van der Waals surface area contributed by atoms with Crippen LogP contribution in [0.15, 0.2) is 0 Å². The molecule has 0 spiro atoms. The van der Waals surface area contributed by atoms with E-state index in [1.807, 2.05) is 0 Å². The van der Waals surface area contributed by atoms with Gasteiger partial charge in [0.2, 0.25) is 11.8 Å². The fourth-order valence-electron chi connectivity index (χ4n) is 2.17. The Balaban J connectivity index is 2.10. The van der Waals surface area contributed by atoms with Crippen molar-refractivity contribution in [3.8, 4) is 0 Å². The van der Waals surface area contributed by atoms with E-state index in [0.717, 1.165) is 32.1 Å². The van der Waals surface area contributed by atoms with Gasteiger partial charge in [0.25, 0.3) is 0 Å². The van der Waals surface area contributed by atoms with Crippen LogP contribution in [0, 0.1) is 5.92 Å². The number of hydrogen-bond acceptors (Lipinski definition) is 3. The lowest BCUT2D eigenvalue weighted by Crippen LogP contribution is -2.38. The van der Waals surface area contributed by atoms with Crippen molar-refractivity contribution in [2.24, 2.45) is 11.7 Å². The number of rotatable bonds is 5. The van der Waals surface area contributed by atoms with E-state index in [-0.39, 0.29) is 23.8 Å². The summed E-state index contributed by atoms with van der Waals surface area (Å²) in [4.78, 5) is 22.4. The Kier molecular flexibility index (Phi) is 5.97. The highest BCUT2D eigenvalue weighted by Crippen LogP contribution is 2.22. The number of carbonyl (C=O) groups excluding carboxylic acids is 2. The summed E-state index contributed by atoms with van der Waals surface area (Å²) in [5.41, 5.74) is 5.85. The summed E-state index contributed by atoms with van der Waals surface area (Å²) in [6.45, 7) is 2.71. The molecule has 1 saturated carbocycles. The van der Waals surface area contributed by atoms with Gasteiger partial charge in [0.05, 0.1) is 0 Å². The molecule has 5 heteroatoms. The predicted molar refractivity (Wildman–Crippen MR) is 66.2 cm³/mol. The van der Waals surface area contributed by atoms with Crippen LogP contribution < -0.4 is 16.4 Å². The molecular formula is C12H23N3O2. The van der Waals surface area contributed by atoms with Gasteiger partial charge in [0.1, 0.15) is 0 Å². The molecule has 0 aromatic heterocycles. The van der Waals surface area contributed by atoms with Crippen LogP contribution in [-0.2, 0) is 9.59 Å². The number of nitrogens with two attached hydrogens (primary N) is 1. The van der Waals surface area contributed by atoms with Gasteiger partial charge >= 0.3 is 0 Å². The molecule has 1 rings (SSSR count). The molecule has 1 aliphatic carbocycles. The maximum absolute atomic E-state index is 11.8. The molecule has 17 heavy (non-hydrogen) atoms. The Hall–Kier alpha value is -1.10. The van der Waals surface area contributed by atoms with Crippen molar-refractivity contribution in [1.29, 1.82) is 0 Å². The van der Waals surface area contributed by atoms with Crippen LogP contribution in [0.1, 0.15) is 39.0 Å². The minimum Gasteiger partial charge on any atom is -0.356 e. The molecule has 1 aliphatic rings. The third kappa shape index (κ3) is 5.68. The SMILES string of the molecule is CC(=O)NCCCNC(=O)C1CCCC(N)C1. The Bertz CT molecular complexity index is 268. The lowest BCUT2D eigenvalue weighted by atomic mass is 9.85. The Morgan fingerprint density at radius 2 is 1.94 bits per heavy atom. The first kappa shape index (κ1) is 14.0. The van der Waals surface area contributed by atoms with Crippen LogP contribution in [0.5, 0.6) is 0 Å². The summed E-state index contributed by atoms with van der Waals surface area (Å²) in [6.07, 6.45) is 4.60. The molecule has 0 saturated heterocycles. The highest BCUT2D eigenvalue weighted by atomic mass is 16.2. The summed E-state index contributed by atoms with van der Waals surface area (Å²) >= 11 is 0. The fourth-order valence-corrected chi connectivity index (χ4v) is 2.17. The van der Waals surface area contributed by atoms with E-state index in [4.69, 9.17) is 5.73 Å². The Labute approximate surface area is 103 Å². The average molecular weight is 241 g/mol. The van der Waals surface area contributed by atoms with Crippen LogP contribution in [0.4, 0.5) is 0 Å². The first-order valence-electron chi connectivity index (χ1n) is 6.37. The van der Waals surface area contributed by atoms with Gasteiger partial charge in [-0.2, -0.15) is 0 Å². The summed E-state index contributed by atoms with van der Waals surface area (Å²) in [5, 5.41) is 5.60. The average Bonchev–Trinajstić information content (AvgIpc) is 2.28. The van der Waals surface area contributed by atoms with Gasteiger partial charge in [0, 0.05) is 32.0 Å². The van der Waals surface area contributed by atoms with Crippen LogP contribution in [0.25, 0.3) is 0 Å². The molecule has 0 aliphatic heterocycles. The van der Waals surface area contributed by atoms with Crippen LogP contribution in [0.3, 0.4) is 0 Å². The quantitative estimate of drug-likeness (QED) is 0.599. The summed E-state index contributed by atoms with van der Waals surface area (Å²) < 4.78 is 0. The van der Waals surface area contributed by atoms with E-state index < -0.39 is 0 Å². The molecule has 2 atom stereocenters. The maximum atomic E-state index is 11.8. The minimum atomic E-state index is -0.0328. The van der Waals surface area contributed by atoms with E-state index in [1.165, 1.54) is 6.92 Å². The van der Waals surface area contributed by atoms with Crippen molar-refractivity contribution < 1.29 is 9.59 Å². The second kappa shape index (κ2) is 7.27. The molecule has 1 fully saturated rings. The molecule has 0 aromatic carbocycles. The topological polar surface area (TPSA) is 84.2 Å². The van der Waals surface area contributed by atoms with E-state index >= 15 is 0 Å². The zero-order chi connectivity index (χ0) is 12.7. The van der Waals surface area contributed by atoms with Crippen molar-refractivity contribution in [3.05, 3.63) is 0 Å². The second-order valence-corrected chi connectivity index (χ2v) is 4.75. The van der Waals surface area contributed by atoms with Crippen molar-refractivity contribution in [2.75, 3.05) is 13.1 Å². The van der Waals surface area contributed by atoms with Gasteiger partial charge < -0.3 is 16.4 Å². The number of amides is 2. The van der Waals surface area contributed by atoms with Crippen molar-refractivity contribution in [2.45, 2.75) is 45.1 Å². The third-order valence-electron chi connectivity index (χ3n) is 3.11. The van der Waals surface area contributed by atoms with Gasteiger partial charge in [-0.05, 0) is 25.7 Å². The largest absolute Gasteiger partial charge is 0.356 e. The first-order valence-corrected chi connectivity index (χ1v) is 6.37. The van der Waals surface area contributed by atoms with E-state index in [1.54, 1.807) is 0 Å². The molecule has 0 heterocycles. The van der Waals surface area contributed by atoms with Gasteiger partial charge in [-0.25, -0.2) is 0 Å². The van der Waals surface area contributed by atoms with Gasteiger partial charge in [0.15, 0.2) is 0 Å². The predicted octanol–water partition coefficient (Wildman–Crippen LogP) is 0.146. The summed E-state index contributed by atoms with van der Waals surface area (Å²) in [5.74, 6) is 0.164. The van der Waals surface area contributed by atoms with E-state index in [2.05, 4.69) is 10.6 Å². The summed E-state index contributed by atoms with van der Waals surface area (Å²) in [6, 6.07) is 0.180. The van der Waals surface area contributed by atoms with Crippen molar-refractivity contribution in [1.82, 2.24) is 10.6 Å². The normalized spacial score (nSPS) is 24.1. The highest BCUT2D eigenvalue weighted by molar-refractivity contribution is 5.78. The lowest BCUT2D eigenvalue weighted by molar-refractivity contribution is -0.126. The van der Waals surface area contributed by atoms with Crippen molar-refractivity contribution in [3.63, 3.8) is 0 Å². The third-order valence-corrected chi connectivity index (χ3v) is 3.11. The molecule has 4 N–H and O–H groups in total. The van der Waals surface area contributed by atoms with Gasteiger partial charge in [-0.3, -0.25) is 9.59 Å². The maximum Gasteiger partial charge on any atom is 0.223 e. The standard InChI is InChI=1S/C12H23N3O2/c1-9(16)14-6-3-7-15-12(17)10-4-2-5-11(13)8-10/h10-11H,2-8,13H2,1H3,(H,14,16)(H,15,17). The Morgan fingerprint density at radius 1 is 1.24 bits per heavy atom. The lowest BCUT2D eigenvalue weighted by Gasteiger charge is -2.25. The zero-order valence-corrected chi connectivity index (χ0v) is 10.5. The first-order chi connectivity index (χ1) is 8.09. The number of carbonyl (C=O) groups is 2. The van der Waals surface area contributed by atoms with Crippen LogP contribution in [-0.4, -0.2) is 30.9 Å². The molecule has 98 valence electrons. The van der Waals surface area contributed by atoms with E-state index in [0.29, 0.717) is 13.1 Å². The number of nitrogens with one attached hydrogen (secondary N) is 2. The van der Waals surface area contributed by atoms with Crippen LogP contribution >= 0.6 is 0 Å². The van der Waals surface area contributed by atoms with Crippen molar-refractivity contribution >= 4 is 11.8 Å². The molecule has 2 amide bonds. The van der Waals surface area contributed by atoms with Gasteiger partial charge in [-0.1, -0.05) is 6.42 Å². The molecule has 0 radical (unpaired) electrons. The van der Waals surface area contributed by atoms with Gasteiger partial charge in [-0.15, -0.1) is 0 Å². The molecule has 0 aromatic rings. The van der Waals surface area contributed by atoms with E-state index in [9.17, 15) is 9.59 Å². The smallest absolute Gasteiger partial charge is 0.223 e. The van der Waals surface area contributed by atoms with Crippen LogP contribution in [0.2, 0.25) is 0 Å². The molecule has 5 nitrogen and oxygen atoms in total. The highest BCUT2D eigenvalue weighted by Gasteiger charge is 2.24. The summed E-state index contributed by atoms with van der Waals surface area (Å²) in [7, 11) is 0. The zero-order valence-electron chi connectivity index (χ0n) is 10.5. The fraction of sp³-hybridized carbons (Fsp3) is 0.833. The monoisotopic (exact) mass is 241 g/mol. The Morgan fingerprint density at radius 3 is 2.59 bits per heavy atom. The number of hydrogen-bond donors (Lipinski definition) is 3. The second-order valence-electron chi connectivity index (χ2n) is 4.75. The minimum absolute atomic E-state index is 0.0328. The molecule has 2 unspecified atom stereocenters.